The highest BCUT2D eigenvalue weighted by Crippen LogP contribution is 2.31. The Morgan fingerprint density at radius 2 is 1.72 bits per heavy atom. The number of hydrogen-bond donors (Lipinski definition) is 1. The van der Waals surface area contributed by atoms with Crippen LogP contribution in [0.25, 0.3) is 11.1 Å². The maximum absolute atomic E-state index is 11.1. The second-order valence-corrected chi connectivity index (χ2v) is 5.89. The molecule has 0 aliphatic carbocycles. The fraction of sp³-hybridized carbons (Fsp3) is 0. The predicted molar refractivity (Wildman–Crippen MR) is 71.7 cm³/mol. The molecule has 0 aliphatic rings. The monoisotopic (exact) mass is 302 g/mol. The van der Waals surface area contributed by atoms with Crippen LogP contribution >= 0.6 is 23.2 Å². The summed E-state index contributed by atoms with van der Waals surface area (Å²) in [4.78, 5) is -0.175. The molecule has 0 bridgehead atoms. The summed E-state index contributed by atoms with van der Waals surface area (Å²) < 4.78 is 31.1. The minimum Gasteiger partial charge on any atom is -0.282 e. The minimum absolute atomic E-state index is 0.175. The topological polar surface area (TPSA) is 54.4 Å². The fourth-order valence-electron chi connectivity index (χ4n) is 1.55. The number of benzene rings is 2. The van der Waals surface area contributed by atoms with Crippen molar-refractivity contribution in [1.29, 1.82) is 0 Å². The largest absolute Gasteiger partial charge is 0.294 e. The van der Waals surface area contributed by atoms with Gasteiger partial charge in [0, 0.05) is 15.6 Å². The molecule has 0 unspecified atom stereocenters. The van der Waals surface area contributed by atoms with Crippen LogP contribution in [-0.2, 0) is 10.1 Å². The fourth-order valence-corrected chi connectivity index (χ4v) is 2.59. The first kappa shape index (κ1) is 13.4. The average Bonchev–Trinajstić information content (AvgIpc) is 2.28. The van der Waals surface area contributed by atoms with Crippen LogP contribution in [0, 0.1) is 0 Å². The average molecular weight is 303 g/mol. The predicted octanol–water partition coefficient (Wildman–Crippen LogP) is 3.91. The quantitative estimate of drug-likeness (QED) is 0.856. The van der Waals surface area contributed by atoms with E-state index in [0.29, 0.717) is 21.2 Å². The Kier molecular flexibility index (Phi) is 3.64. The lowest BCUT2D eigenvalue weighted by Crippen LogP contribution is -1.97. The Hall–Kier alpha value is -1.07. The van der Waals surface area contributed by atoms with Crippen molar-refractivity contribution in [2.45, 2.75) is 4.90 Å². The Morgan fingerprint density at radius 1 is 1.00 bits per heavy atom. The third-order valence-electron chi connectivity index (χ3n) is 2.37. The Bertz CT molecular complexity index is 696. The van der Waals surface area contributed by atoms with Crippen molar-refractivity contribution in [2.24, 2.45) is 0 Å². The molecule has 0 fully saturated rings. The molecule has 0 heterocycles. The highest BCUT2D eigenvalue weighted by Gasteiger charge is 2.11. The summed E-state index contributed by atoms with van der Waals surface area (Å²) in [5.41, 5.74) is 1.23. The molecule has 0 aliphatic heterocycles. The van der Waals surface area contributed by atoms with E-state index in [2.05, 4.69) is 0 Å². The second-order valence-electron chi connectivity index (χ2n) is 3.63. The molecule has 0 spiro atoms. The molecule has 0 atom stereocenters. The third-order valence-corrected chi connectivity index (χ3v) is 3.77. The molecule has 0 amide bonds. The molecule has 2 aromatic rings. The number of halogens is 2. The Morgan fingerprint density at radius 3 is 2.33 bits per heavy atom. The number of rotatable bonds is 2. The van der Waals surface area contributed by atoms with Crippen LogP contribution in [0.1, 0.15) is 0 Å². The van der Waals surface area contributed by atoms with E-state index < -0.39 is 10.1 Å². The van der Waals surface area contributed by atoms with Crippen LogP contribution in [0.15, 0.2) is 47.4 Å². The van der Waals surface area contributed by atoms with Crippen LogP contribution in [-0.4, -0.2) is 13.0 Å². The lowest BCUT2D eigenvalue weighted by Gasteiger charge is -2.06. The first-order valence-electron chi connectivity index (χ1n) is 4.91. The maximum Gasteiger partial charge on any atom is 0.294 e. The normalized spacial score (nSPS) is 11.5. The van der Waals surface area contributed by atoms with Gasteiger partial charge in [-0.3, -0.25) is 4.55 Å². The second kappa shape index (κ2) is 4.90. The lowest BCUT2D eigenvalue weighted by molar-refractivity contribution is 0.483. The molecule has 94 valence electrons. The van der Waals surface area contributed by atoms with E-state index >= 15 is 0 Å². The van der Waals surface area contributed by atoms with Crippen molar-refractivity contribution in [2.75, 3.05) is 0 Å². The molecular formula is C12H8Cl2O3S. The van der Waals surface area contributed by atoms with Gasteiger partial charge in [0.25, 0.3) is 10.1 Å². The van der Waals surface area contributed by atoms with Gasteiger partial charge in [0.2, 0.25) is 0 Å². The van der Waals surface area contributed by atoms with Crippen molar-refractivity contribution >= 4 is 33.3 Å². The third kappa shape index (κ3) is 2.84. The molecule has 0 aromatic heterocycles. The van der Waals surface area contributed by atoms with E-state index in [1.807, 2.05) is 0 Å². The summed E-state index contributed by atoms with van der Waals surface area (Å²) in [6.45, 7) is 0. The number of hydrogen-bond acceptors (Lipinski definition) is 2. The molecule has 2 rings (SSSR count). The van der Waals surface area contributed by atoms with Gasteiger partial charge in [0.1, 0.15) is 0 Å². The van der Waals surface area contributed by atoms with Gasteiger partial charge in [-0.05, 0) is 29.8 Å². The van der Waals surface area contributed by atoms with Gasteiger partial charge in [-0.1, -0.05) is 41.4 Å². The molecule has 2 aromatic carbocycles. The van der Waals surface area contributed by atoms with Crippen LogP contribution in [0.4, 0.5) is 0 Å². The Labute approximate surface area is 115 Å². The van der Waals surface area contributed by atoms with Gasteiger partial charge >= 0.3 is 0 Å². The van der Waals surface area contributed by atoms with E-state index in [-0.39, 0.29) is 4.90 Å². The van der Waals surface area contributed by atoms with Crippen LogP contribution < -0.4 is 0 Å². The molecule has 6 heteroatoms. The van der Waals surface area contributed by atoms with Crippen molar-refractivity contribution in [3.8, 4) is 11.1 Å². The van der Waals surface area contributed by atoms with Crippen molar-refractivity contribution < 1.29 is 13.0 Å². The summed E-state index contributed by atoms with van der Waals surface area (Å²) >= 11 is 11.8. The molecule has 18 heavy (non-hydrogen) atoms. The summed E-state index contributed by atoms with van der Waals surface area (Å²) in [7, 11) is -4.22. The van der Waals surface area contributed by atoms with Gasteiger partial charge in [0.15, 0.2) is 0 Å². The van der Waals surface area contributed by atoms with E-state index in [0.717, 1.165) is 0 Å². The highest BCUT2D eigenvalue weighted by molar-refractivity contribution is 7.85. The maximum atomic E-state index is 11.1. The first-order chi connectivity index (χ1) is 8.38. The smallest absolute Gasteiger partial charge is 0.282 e. The molecule has 0 saturated heterocycles. The van der Waals surface area contributed by atoms with Gasteiger partial charge in [-0.2, -0.15) is 8.42 Å². The van der Waals surface area contributed by atoms with Gasteiger partial charge < -0.3 is 0 Å². The molecule has 0 radical (unpaired) electrons. The van der Waals surface area contributed by atoms with Gasteiger partial charge in [-0.25, -0.2) is 0 Å². The minimum atomic E-state index is -4.22. The summed E-state index contributed by atoms with van der Waals surface area (Å²) in [6.07, 6.45) is 0. The SMILES string of the molecule is O=S(=O)(O)c1cccc(-c2ccc(Cl)cc2Cl)c1. The standard InChI is InChI=1S/C12H8Cl2O3S/c13-9-4-5-11(12(14)7-9)8-2-1-3-10(6-8)18(15,16)17/h1-7H,(H,15,16,17). The zero-order valence-electron chi connectivity index (χ0n) is 8.97. The molecule has 0 saturated carbocycles. The van der Waals surface area contributed by atoms with E-state index in [1.54, 1.807) is 24.3 Å². The van der Waals surface area contributed by atoms with E-state index in [4.69, 9.17) is 27.8 Å². The van der Waals surface area contributed by atoms with Crippen molar-refractivity contribution in [3.63, 3.8) is 0 Å². The molecule has 1 N–H and O–H groups in total. The van der Waals surface area contributed by atoms with Crippen LogP contribution in [0.3, 0.4) is 0 Å². The zero-order chi connectivity index (χ0) is 13.3. The first-order valence-corrected chi connectivity index (χ1v) is 7.10. The van der Waals surface area contributed by atoms with Crippen LogP contribution in [0.5, 0.6) is 0 Å². The van der Waals surface area contributed by atoms with E-state index in [1.165, 1.54) is 18.2 Å². The lowest BCUT2D eigenvalue weighted by atomic mass is 10.1. The van der Waals surface area contributed by atoms with Gasteiger partial charge in [-0.15, -0.1) is 0 Å². The van der Waals surface area contributed by atoms with Crippen LogP contribution in [0.2, 0.25) is 10.0 Å². The summed E-state index contributed by atoms with van der Waals surface area (Å²) in [5, 5.41) is 0.907. The van der Waals surface area contributed by atoms with Crippen molar-refractivity contribution in [3.05, 3.63) is 52.5 Å². The summed E-state index contributed by atoms with van der Waals surface area (Å²) in [5.74, 6) is 0. The highest BCUT2D eigenvalue weighted by atomic mass is 35.5. The summed E-state index contributed by atoms with van der Waals surface area (Å²) in [6, 6.07) is 10.8. The van der Waals surface area contributed by atoms with Gasteiger partial charge in [0.05, 0.1) is 4.90 Å². The Balaban J connectivity index is 2.58. The molecule has 3 nitrogen and oxygen atoms in total. The van der Waals surface area contributed by atoms with Crippen molar-refractivity contribution in [1.82, 2.24) is 0 Å². The van der Waals surface area contributed by atoms with E-state index in [9.17, 15) is 8.42 Å². The zero-order valence-corrected chi connectivity index (χ0v) is 11.3. The molecular weight excluding hydrogens is 295 g/mol.